The molecule has 1 aromatic carbocycles. The molecule has 2 rings (SSSR count). The summed E-state index contributed by atoms with van der Waals surface area (Å²) in [5.74, 6) is 3.36. The normalized spacial score (nSPS) is 18.1. The summed E-state index contributed by atoms with van der Waals surface area (Å²) >= 11 is 2.08. The van der Waals surface area contributed by atoms with E-state index in [0.717, 1.165) is 5.92 Å². The highest BCUT2D eigenvalue weighted by molar-refractivity contribution is 7.99. The molecule has 0 radical (unpaired) electrons. The van der Waals surface area contributed by atoms with E-state index >= 15 is 0 Å². The molecular formula is C14H19NS. The molecule has 1 saturated heterocycles. The van der Waals surface area contributed by atoms with Crippen molar-refractivity contribution in [3.63, 3.8) is 0 Å². The Morgan fingerprint density at radius 2 is 2.00 bits per heavy atom. The van der Waals surface area contributed by atoms with E-state index in [1.165, 1.54) is 35.5 Å². The van der Waals surface area contributed by atoms with Crippen LogP contribution in [0.25, 0.3) is 6.08 Å². The third-order valence-corrected chi connectivity index (χ3v) is 4.14. The number of thioether (sulfide) groups is 1. The summed E-state index contributed by atoms with van der Waals surface area (Å²) < 4.78 is 0. The van der Waals surface area contributed by atoms with Gasteiger partial charge in [-0.05, 0) is 41.4 Å². The second-order valence-electron chi connectivity index (χ2n) is 4.15. The van der Waals surface area contributed by atoms with Crippen LogP contribution >= 0.6 is 11.8 Å². The lowest BCUT2D eigenvalue weighted by Crippen LogP contribution is -2.09. The van der Waals surface area contributed by atoms with Gasteiger partial charge in [-0.3, -0.25) is 0 Å². The van der Waals surface area contributed by atoms with Crippen LogP contribution in [0.1, 0.15) is 29.9 Å². The molecule has 2 N–H and O–H groups in total. The zero-order valence-corrected chi connectivity index (χ0v) is 10.4. The van der Waals surface area contributed by atoms with Gasteiger partial charge in [-0.25, -0.2) is 0 Å². The van der Waals surface area contributed by atoms with E-state index in [9.17, 15) is 0 Å². The van der Waals surface area contributed by atoms with Crippen LogP contribution in [0.15, 0.2) is 30.3 Å². The molecular weight excluding hydrogens is 214 g/mol. The van der Waals surface area contributed by atoms with Crippen LogP contribution in [-0.4, -0.2) is 18.1 Å². The molecule has 1 nitrogen and oxygen atoms in total. The van der Waals surface area contributed by atoms with Crippen molar-refractivity contribution >= 4 is 17.8 Å². The monoisotopic (exact) mass is 233 g/mol. The molecule has 0 bridgehead atoms. The van der Waals surface area contributed by atoms with Crippen molar-refractivity contribution in [2.75, 3.05) is 18.1 Å². The van der Waals surface area contributed by atoms with Gasteiger partial charge in [0.2, 0.25) is 0 Å². The maximum atomic E-state index is 5.51. The van der Waals surface area contributed by atoms with Gasteiger partial charge in [0.25, 0.3) is 0 Å². The predicted molar refractivity (Wildman–Crippen MR) is 73.8 cm³/mol. The second kappa shape index (κ2) is 6.12. The quantitative estimate of drug-likeness (QED) is 0.867. The Labute approximate surface area is 102 Å². The first-order valence-electron chi connectivity index (χ1n) is 5.95. The van der Waals surface area contributed by atoms with Gasteiger partial charge in [0, 0.05) is 6.54 Å². The SMILES string of the molecule is NC/C=C/c1ccccc1C1CCSCC1. The van der Waals surface area contributed by atoms with Crippen LogP contribution in [0.4, 0.5) is 0 Å². The highest BCUT2D eigenvalue weighted by Crippen LogP contribution is 2.33. The van der Waals surface area contributed by atoms with Crippen LogP contribution in [0, 0.1) is 0 Å². The second-order valence-corrected chi connectivity index (χ2v) is 5.38. The Morgan fingerprint density at radius 3 is 2.75 bits per heavy atom. The molecule has 16 heavy (non-hydrogen) atoms. The first-order chi connectivity index (χ1) is 7.92. The lowest BCUT2D eigenvalue weighted by Gasteiger charge is -2.23. The molecule has 86 valence electrons. The van der Waals surface area contributed by atoms with Crippen LogP contribution < -0.4 is 5.73 Å². The summed E-state index contributed by atoms with van der Waals surface area (Å²) in [6, 6.07) is 8.73. The van der Waals surface area contributed by atoms with E-state index in [4.69, 9.17) is 5.73 Å². The van der Waals surface area contributed by atoms with Gasteiger partial charge >= 0.3 is 0 Å². The average Bonchev–Trinajstić information content (AvgIpc) is 2.38. The predicted octanol–water partition coefficient (Wildman–Crippen LogP) is 3.27. The van der Waals surface area contributed by atoms with Gasteiger partial charge in [-0.15, -0.1) is 0 Å². The Kier molecular flexibility index (Phi) is 4.49. The van der Waals surface area contributed by atoms with Crippen molar-refractivity contribution in [2.24, 2.45) is 5.73 Å². The lowest BCUT2D eigenvalue weighted by molar-refractivity contribution is 0.636. The van der Waals surface area contributed by atoms with E-state index < -0.39 is 0 Å². The summed E-state index contributed by atoms with van der Waals surface area (Å²) in [6.07, 6.45) is 6.84. The first-order valence-corrected chi connectivity index (χ1v) is 7.10. The van der Waals surface area contributed by atoms with Crippen LogP contribution in [0.2, 0.25) is 0 Å². The van der Waals surface area contributed by atoms with Crippen LogP contribution in [-0.2, 0) is 0 Å². The molecule has 1 heterocycles. The molecule has 1 aliphatic heterocycles. The maximum Gasteiger partial charge on any atom is 0.0110 e. The zero-order chi connectivity index (χ0) is 11.2. The minimum absolute atomic E-state index is 0.620. The highest BCUT2D eigenvalue weighted by Gasteiger charge is 2.17. The van der Waals surface area contributed by atoms with Gasteiger partial charge in [0.05, 0.1) is 0 Å². The summed E-state index contributed by atoms with van der Waals surface area (Å²) in [7, 11) is 0. The molecule has 0 amide bonds. The number of rotatable bonds is 3. The van der Waals surface area contributed by atoms with Gasteiger partial charge in [-0.1, -0.05) is 36.4 Å². The van der Waals surface area contributed by atoms with Gasteiger partial charge in [-0.2, -0.15) is 11.8 Å². The molecule has 2 heteroatoms. The fourth-order valence-corrected chi connectivity index (χ4v) is 3.34. The van der Waals surface area contributed by atoms with Crippen LogP contribution in [0.5, 0.6) is 0 Å². The van der Waals surface area contributed by atoms with Crippen LogP contribution in [0.3, 0.4) is 0 Å². The topological polar surface area (TPSA) is 26.0 Å². The van der Waals surface area contributed by atoms with E-state index in [0.29, 0.717) is 6.54 Å². The molecule has 1 fully saturated rings. The zero-order valence-electron chi connectivity index (χ0n) is 9.56. The number of benzene rings is 1. The Bertz CT molecular complexity index is 354. The third-order valence-electron chi connectivity index (χ3n) is 3.09. The van der Waals surface area contributed by atoms with Crippen molar-refractivity contribution in [1.29, 1.82) is 0 Å². The maximum absolute atomic E-state index is 5.51. The molecule has 0 unspecified atom stereocenters. The van der Waals surface area contributed by atoms with E-state index in [-0.39, 0.29) is 0 Å². The van der Waals surface area contributed by atoms with E-state index in [1.807, 2.05) is 6.08 Å². The first kappa shape index (κ1) is 11.7. The Balaban J connectivity index is 2.20. The Hall–Kier alpha value is -0.730. The number of nitrogens with two attached hydrogens (primary N) is 1. The fourth-order valence-electron chi connectivity index (χ4n) is 2.24. The molecule has 1 aliphatic rings. The third kappa shape index (κ3) is 2.89. The summed E-state index contributed by atoms with van der Waals surface area (Å²) in [6.45, 7) is 0.620. The summed E-state index contributed by atoms with van der Waals surface area (Å²) in [4.78, 5) is 0. The lowest BCUT2D eigenvalue weighted by atomic mass is 9.89. The molecule has 0 saturated carbocycles. The van der Waals surface area contributed by atoms with Crippen molar-refractivity contribution in [1.82, 2.24) is 0 Å². The number of hydrogen-bond acceptors (Lipinski definition) is 2. The molecule has 0 spiro atoms. The molecule has 0 aromatic heterocycles. The van der Waals surface area contributed by atoms with Crippen molar-refractivity contribution in [3.05, 3.63) is 41.5 Å². The van der Waals surface area contributed by atoms with E-state index in [1.54, 1.807) is 0 Å². The summed E-state index contributed by atoms with van der Waals surface area (Å²) in [5.41, 5.74) is 8.37. The van der Waals surface area contributed by atoms with Gasteiger partial charge in [0.15, 0.2) is 0 Å². The minimum Gasteiger partial charge on any atom is -0.327 e. The molecule has 1 aromatic rings. The van der Waals surface area contributed by atoms with Gasteiger partial charge < -0.3 is 5.73 Å². The minimum atomic E-state index is 0.620. The average molecular weight is 233 g/mol. The Morgan fingerprint density at radius 1 is 1.25 bits per heavy atom. The van der Waals surface area contributed by atoms with Crippen molar-refractivity contribution in [2.45, 2.75) is 18.8 Å². The molecule has 0 atom stereocenters. The fraction of sp³-hybridized carbons (Fsp3) is 0.429. The van der Waals surface area contributed by atoms with E-state index in [2.05, 4.69) is 42.1 Å². The standard InChI is InChI=1S/C14H19NS/c15-9-3-5-12-4-1-2-6-14(12)13-7-10-16-11-8-13/h1-6,13H,7-11,15H2/b5-3+. The summed E-state index contributed by atoms with van der Waals surface area (Å²) in [5, 5.41) is 0. The number of hydrogen-bond donors (Lipinski definition) is 1. The molecule has 0 aliphatic carbocycles. The van der Waals surface area contributed by atoms with Crippen molar-refractivity contribution in [3.8, 4) is 0 Å². The highest BCUT2D eigenvalue weighted by atomic mass is 32.2. The van der Waals surface area contributed by atoms with Crippen molar-refractivity contribution < 1.29 is 0 Å². The largest absolute Gasteiger partial charge is 0.327 e. The smallest absolute Gasteiger partial charge is 0.0110 e. The van der Waals surface area contributed by atoms with Gasteiger partial charge in [0.1, 0.15) is 0 Å².